The maximum Gasteiger partial charge on any atom is 0.259 e. The largest absolute Gasteiger partial charge is 0.322 e. The van der Waals surface area contributed by atoms with Crippen LogP contribution in [0.25, 0.3) is 16.9 Å². The van der Waals surface area contributed by atoms with E-state index in [2.05, 4.69) is 15.4 Å². The number of anilines is 1. The molecule has 1 amide bonds. The Bertz CT molecular complexity index is 1080. The number of nitrogens with zero attached hydrogens (tertiary/aromatic N) is 3. The number of carbonyl (C=O) groups excluding carboxylic acids is 1. The van der Waals surface area contributed by atoms with Gasteiger partial charge in [-0.2, -0.15) is 5.10 Å². The van der Waals surface area contributed by atoms with Crippen LogP contribution >= 0.6 is 11.6 Å². The molecule has 0 saturated heterocycles. The van der Waals surface area contributed by atoms with Crippen LogP contribution in [-0.4, -0.2) is 20.7 Å². The fraction of sp³-hybridized carbons (Fsp3) is 0. The van der Waals surface area contributed by atoms with E-state index in [4.69, 9.17) is 11.6 Å². The second kappa shape index (κ2) is 7.43. The molecule has 27 heavy (non-hydrogen) atoms. The summed E-state index contributed by atoms with van der Waals surface area (Å²) in [6.45, 7) is 0. The van der Waals surface area contributed by atoms with Crippen LogP contribution in [0.3, 0.4) is 0 Å². The van der Waals surface area contributed by atoms with Gasteiger partial charge in [-0.3, -0.25) is 9.78 Å². The number of para-hydroxylation sites is 1. The first-order valence-electron chi connectivity index (χ1n) is 8.33. The SMILES string of the molecule is O=C(Nc1ccccc1)c1cnn(-c2cccc(Cl)c2)c1-c1ccncc1. The molecule has 0 saturated carbocycles. The third-order valence-electron chi connectivity index (χ3n) is 4.05. The van der Waals surface area contributed by atoms with E-state index in [0.717, 1.165) is 16.9 Å². The van der Waals surface area contributed by atoms with Crippen molar-refractivity contribution >= 4 is 23.2 Å². The molecule has 4 rings (SSSR count). The molecular formula is C21H15ClN4O. The monoisotopic (exact) mass is 374 g/mol. The fourth-order valence-corrected chi connectivity index (χ4v) is 3.01. The highest BCUT2D eigenvalue weighted by Crippen LogP contribution is 2.28. The predicted molar refractivity (Wildman–Crippen MR) is 106 cm³/mol. The molecule has 0 unspecified atom stereocenters. The van der Waals surface area contributed by atoms with Gasteiger partial charge >= 0.3 is 0 Å². The van der Waals surface area contributed by atoms with E-state index in [1.807, 2.05) is 54.6 Å². The second-order valence-electron chi connectivity index (χ2n) is 5.85. The van der Waals surface area contributed by atoms with Gasteiger partial charge in [0.15, 0.2) is 0 Å². The van der Waals surface area contributed by atoms with Crippen molar-refractivity contribution in [2.24, 2.45) is 0 Å². The van der Waals surface area contributed by atoms with Crippen LogP contribution in [0.1, 0.15) is 10.4 Å². The molecule has 132 valence electrons. The number of pyridine rings is 1. The van der Waals surface area contributed by atoms with Gasteiger partial charge in [0.1, 0.15) is 0 Å². The minimum Gasteiger partial charge on any atom is -0.322 e. The van der Waals surface area contributed by atoms with Gasteiger partial charge in [-0.1, -0.05) is 35.9 Å². The lowest BCUT2D eigenvalue weighted by atomic mass is 10.1. The summed E-state index contributed by atoms with van der Waals surface area (Å²) in [6.07, 6.45) is 4.93. The minimum atomic E-state index is -0.235. The van der Waals surface area contributed by atoms with Crippen LogP contribution in [0.4, 0.5) is 5.69 Å². The van der Waals surface area contributed by atoms with E-state index in [1.54, 1.807) is 35.4 Å². The highest BCUT2D eigenvalue weighted by Gasteiger charge is 2.20. The molecule has 0 bridgehead atoms. The van der Waals surface area contributed by atoms with Gasteiger partial charge in [-0.05, 0) is 42.5 Å². The van der Waals surface area contributed by atoms with E-state index in [9.17, 15) is 4.79 Å². The lowest BCUT2D eigenvalue weighted by Crippen LogP contribution is -2.13. The Labute approximate surface area is 161 Å². The molecule has 0 spiro atoms. The number of nitrogens with one attached hydrogen (secondary N) is 1. The first-order chi connectivity index (χ1) is 13.2. The van der Waals surface area contributed by atoms with Gasteiger partial charge in [-0.25, -0.2) is 4.68 Å². The van der Waals surface area contributed by atoms with Gasteiger partial charge in [-0.15, -0.1) is 0 Å². The zero-order valence-corrected chi connectivity index (χ0v) is 15.0. The molecular weight excluding hydrogens is 360 g/mol. The van der Waals surface area contributed by atoms with Gasteiger partial charge in [0.05, 0.1) is 23.1 Å². The lowest BCUT2D eigenvalue weighted by Gasteiger charge is -2.11. The van der Waals surface area contributed by atoms with Crippen LogP contribution in [0.2, 0.25) is 5.02 Å². The summed E-state index contributed by atoms with van der Waals surface area (Å²) < 4.78 is 1.71. The van der Waals surface area contributed by atoms with Crippen molar-refractivity contribution in [3.63, 3.8) is 0 Å². The molecule has 0 fully saturated rings. The van der Waals surface area contributed by atoms with Crippen molar-refractivity contribution < 1.29 is 4.79 Å². The number of hydrogen-bond donors (Lipinski definition) is 1. The molecule has 2 aromatic carbocycles. The Morgan fingerprint density at radius 1 is 0.963 bits per heavy atom. The molecule has 0 atom stereocenters. The zero-order valence-electron chi connectivity index (χ0n) is 14.2. The maximum absolute atomic E-state index is 12.9. The van der Waals surface area contributed by atoms with Crippen molar-refractivity contribution in [2.45, 2.75) is 0 Å². The number of amides is 1. The molecule has 0 aliphatic heterocycles. The van der Waals surface area contributed by atoms with Crippen molar-refractivity contribution in [3.05, 3.63) is 95.9 Å². The number of benzene rings is 2. The summed E-state index contributed by atoms with van der Waals surface area (Å²) in [6, 6.07) is 20.3. The molecule has 0 aliphatic carbocycles. The normalized spacial score (nSPS) is 10.6. The fourth-order valence-electron chi connectivity index (χ4n) is 2.83. The third kappa shape index (κ3) is 3.59. The van der Waals surface area contributed by atoms with Crippen molar-refractivity contribution in [3.8, 4) is 16.9 Å². The number of hydrogen-bond acceptors (Lipinski definition) is 3. The highest BCUT2D eigenvalue weighted by molar-refractivity contribution is 6.30. The van der Waals surface area contributed by atoms with Crippen LogP contribution in [0.15, 0.2) is 85.3 Å². The van der Waals surface area contributed by atoms with Crippen LogP contribution in [0.5, 0.6) is 0 Å². The average Bonchev–Trinajstić information content (AvgIpc) is 3.15. The number of rotatable bonds is 4. The Morgan fingerprint density at radius 2 is 1.74 bits per heavy atom. The van der Waals surface area contributed by atoms with Crippen LogP contribution in [0, 0.1) is 0 Å². The summed E-state index contributed by atoms with van der Waals surface area (Å²) in [4.78, 5) is 17.0. The summed E-state index contributed by atoms with van der Waals surface area (Å²) >= 11 is 6.14. The Hall–Kier alpha value is -3.44. The van der Waals surface area contributed by atoms with Gasteiger partial charge in [0.25, 0.3) is 5.91 Å². The van der Waals surface area contributed by atoms with Gasteiger partial charge in [0.2, 0.25) is 0 Å². The molecule has 0 radical (unpaired) electrons. The van der Waals surface area contributed by atoms with Crippen molar-refractivity contribution in [1.29, 1.82) is 0 Å². The van der Waals surface area contributed by atoms with Crippen molar-refractivity contribution in [1.82, 2.24) is 14.8 Å². The van der Waals surface area contributed by atoms with E-state index in [1.165, 1.54) is 0 Å². The molecule has 6 heteroatoms. The molecule has 4 aromatic rings. The lowest BCUT2D eigenvalue weighted by molar-refractivity contribution is 0.102. The van der Waals surface area contributed by atoms with Crippen LogP contribution in [-0.2, 0) is 0 Å². The molecule has 5 nitrogen and oxygen atoms in total. The minimum absolute atomic E-state index is 0.235. The summed E-state index contributed by atoms with van der Waals surface area (Å²) in [5.41, 5.74) is 3.46. The molecule has 1 N–H and O–H groups in total. The van der Waals surface area contributed by atoms with E-state index in [-0.39, 0.29) is 5.91 Å². The Morgan fingerprint density at radius 3 is 2.48 bits per heavy atom. The quantitative estimate of drug-likeness (QED) is 0.556. The highest BCUT2D eigenvalue weighted by atomic mass is 35.5. The first-order valence-corrected chi connectivity index (χ1v) is 8.71. The number of aromatic nitrogens is 3. The van der Waals surface area contributed by atoms with Gasteiger partial charge < -0.3 is 5.32 Å². The standard InChI is InChI=1S/C21H15ClN4O/c22-16-5-4-8-18(13-16)26-20(15-9-11-23-12-10-15)19(14-24-26)21(27)25-17-6-2-1-3-7-17/h1-14H,(H,25,27). The topological polar surface area (TPSA) is 59.8 Å². The van der Waals surface area contributed by atoms with E-state index >= 15 is 0 Å². The zero-order chi connectivity index (χ0) is 18.6. The Balaban J connectivity index is 1.81. The summed E-state index contributed by atoms with van der Waals surface area (Å²) in [5, 5.41) is 7.95. The number of carbonyl (C=O) groups is 1. The summed E-state index contributed by atoms with van der Waals surface area (Å²) in [7, 11) is 0. The molecule has 2 heterocycles. The molecule has 2 aromatic heterocycles. The van der Waals surface area contributed by atoms with Crippen LogP contribution < -0.4 is 5.32 Å². The second-order valence-corrected chi connectivity index (χ2v) is 6.29. The smallest absolute Gasteiger partial charge is 0.259 e. The third-order valence-corrected chi connectivity index (χ3v) is 4.29. The summed E-state index contributed by atoms with van der Waals surface area (Å²) in [5.74, 6) is -0.235. The van der Waals surface area contributed by atoms with E-state index < -0.39 is 0 Å². The van der Waals surface area contributed by atoms with E-state index in [0.29, 0.717) is 16.3 Å². The van der Waals surface area contributed by atoms with Gasteiger partial charge in [0, 0.05) is 28.7 Å². The average molecular weight is 375 g/mol. The maximum atomic E-state index is 12.9. The molecule has 0 aliphatic rings. The predicted octanol–water partition coefficient (Wildman–Crippen LogP) is 4.84. The first kappa shape index (κ1) is 17.0. The Kier molecular flexibility index (Phi) is 4.68. The number of halogens is 1. The van der Waals surface area contributed by atoms with Crippen molar-refractivity contribution in [2.75, 3.05) is 5.32 Å².